The third-order valence-corrected chi connectivity index (χ3v) is 4.72. The van der Waals surface area contributed by atoms with Crippen LogP contribution in [0, 0.1) is 6.92 Å². The van der Waals surface area contributed by atoms with Gasteiger partial charge in [-0.1, -0.05) is 0 Å². The first-order chi connectivity index (χ1) is 12.6. The average molecular weight is 356 g/mol. The monoisotopic (exact) mass is 356 g/mol. The van der Waals surface area contributed by atoms with Gasteiger partial charge in [0, 0.05) is 24.2 Å². The van der Waals surface area contributed by atoms with Crippen LogP contribution in [0.3, 0.4) is 0 Å². The van der Waals surface area contributed by atoms with Gasteiger partial charge in [0.2, 0.25) is 6.79 Å². The summed E-state index contributed by atoms with van der Waals surface area (Å²) in [6.45, 7) is 3.68. The maximum Gasteiger partial charge on any atom is 0.349 e. The number of aryl methyl sites for hydroxylation is 1. The molecule has 0 saturated carbocycles. The van der Waals surface area contributed by atoms with Gasteiger partial charge in [0.05, 0.1) is 0 Å². The van der Waals surface area contributed by atoms with Crippen molar-refractivity contribution in [3.63, 3.8) is 0 Å². The molecule has 2 aliphatic heterocycles. The van der Waals surface area contributed by atoms with E-state index in [1.54, 1.807) is 31.2 Å². The number of fused-ring (bicyclic) bond motifs is 1. The molecule has 136 valence electrons. The third-order valence-electron chi connectivity index (χ3n) is 4.72. The SMILES string of the molecule is Cc1cc(C2CCCNC2)oc(=O)c1C(=O)Nc1ccc2c(c1)OCO2. The lowest BCUT2D eigenvalue weighted by Gasteiger charge is -2.22. The van der Waals surface area contributed by atoms with Gasteiger partial charge >= 0.3 is 5.63 Å². The van der Waals surface area contributed by atoms with E-state index >= 15 is 0 Å². The summed E-state index contributed by atoms with van der Waals surface area (Å²) in [5.74, 6) is 1.50. The molecule has 0 radical (unpaired) electrons. The number of hydrogen-bond donors (Lipinski definition) is 2. The van der Waals surface area contributed by atoms with Crippen molar-refractivity contribution in [3.05, 3.63) is 51.6 Å². The van der Waals surface area contributed by atoms with Crippen molar-refractivity contribution in [2.45, 2.75) is 25.7 Å². The molecule has 3 heterocycles. The highest BCUT2D eigenvalue weighted by Crippen LogP contribution is 2.34. The van der Waals surface area contributed by atoms with E-state index in [0.29, 0.717) is 28.5 Å². The van der Waals surface area contributed by atoms with Crippen molar-refractivity contribution in [1.82, 2.24) is 5.32 Å². The second-order valence-corrected chi connectivity index (χ2v) is 6.56. The molecule has 4 rings (SSSR count). The van der Waals surface area contributed by atoms with Crippen LogP contribution < -0.4 is 25.7 Å². The van der Waals surface area contributed by atoms with Crippen molar-refractivity contribution in [2.24, 2.45) is 0 Å². The normalized spacial score (nSPS) is 18.6. The standard InChI is InChI=1S/C19H20N2O5/c1-11-7-15(12-3-2-6-20-9-12)26-19(23)17(11)18(22)21-13-4-5-14-16(8-13)25-10-24-14/h4-5,7-8,12,20H,2-3,6,9-10H2,1H3,(H,21,22). The fourth-order valence-corrected chi connectivity index (χ4v) is 3.37. The van der Waals surface area contributed by atoms with Gasteiger partial charge < -0.3 is 24.5 Å². The van der Waals surface area contributed by atoms with E-state index in [-0.39, 0.29) is 18.3 Å². The zero-order valence-corrected chi connectivity index (χ0v) is 14.5. The van der Waals surface area contributed by atoms with Crippen molar-refractivity contribution in [2.75, 3.05) is 25.2 Å². The molecule has 2 N–H and O–H groups in total. The number of ether oxygens (including phenoxy) is 2. The first-order valence-corrected chi connectivity index (χ1v) is 8.68. The van der Waals surface area contributed by atoms with Crippen molar-refractivity contribution < 1.29 is 18.7 Å². The zero-order valence-electron chi connectivity index (χ0n) is 14.5. The molecule has 1 amide bonds. The summed E-state index contributed by atoms with van der Waals surface area (Å²) in [6, 6.07) is 6.88. The number of benzene rings is 1. The van der Waals surface area contributed by atoms with Crippen LogP contribution in [-0.4, -0.2) is 25.8 Å². The van der Waals surface area contributed by atoms with Gasteiger partial charge in [-0.3, -0.25) is 4.79 Å². The summed E-state index contributed by atoms with van der Waals surface area (Å²) in [7, 11) is 0. The summed E-state index contributed by atoms with van der Waals surface area (Å²) in [5, 5.41) is 6.02. The third kappa shape index (κ3) is 3.17. The molecule has 7 nitrogen and oxygen atoms in total. The van der Waals surface area contributed by atoms with Gasteiger partial charge in [0.15, 0.2) is 11.5 Å². The minimum absolute atomic E-state index is 0.0233. The van der Waals surface area contributed by atoms with Gasteiger partial charge in [-0.15, -0.1) is 0 Å². The summed E-state index contributed by atoms with van der Waals surface area (Å²) in [6.07, 6.45) is 2.01. The Morgan fingerprint density at radius 3 is 2.85 bits per heavy atom. The van der Waals surface area contributed by atoms with E-state index in [4.69, 9.17) is 13.9 Å². The maximum absolute atomic E-state index is 12.6. The Hall–Kier alpha value is -2.80. The number of anilines is 1. The van der Waals surface area contributed by atoms with Crippen LogP contribution in [0.25, 0.3) is 0 Å². The highest BCUT2D eigenvalue weighted by Gasteiger charge is 2.23. The quantitative estimate of drug-likeness (QED) is 0.878. The van der Waals surface area contributed by atoms with E-state index in [1.807, 2.05) is 0 Å². The van der Waals surface area contributed by atoms with Gasteiger partial charge in [-0.05, 0) is 50.1 Å². The summed E-state index contributed by atoms with van der Waals surface area (Å²) in [4.78, 5) is 25.0. The molecular weight excluding hydrogens is 336 g/mol. The minimum Gasteiger partial charge on any atom is -0.454 e. The lowest BCUT2D eigenvalue weighted by molar-refractivity contribution is 0.102. The van der Waals surface area contributed by atoms with Crippen LogP contribution in [0.5, 0.6) is 11.5 Å². The number of amides is 1. The number of carbonyl (C=O) groups is 1. The van der Waals surface area contributed by atoms with Crippen LogP contribution in [0.15, 0.2) is 33.5 Å². The molecule has 1 aromatic heterocycles. The molecular formula is C19H20N2O5. The van der Waals surface area contributed by atoms with Crippen LogP contribution >= 0.6 is 0 Å². The molecule has 1 aromatic carbocycles. The van der Waals surface area contributed by atoms with Crippen molar-refractivity contribution >= 4 is 11.6 Å². The molecule has 2 aliphatic rings. The highest BCUT2D eigenvalue weighted by molar-refractivity contribution is 6.05. The summed E-state index contributed by atoms with van der Waals surface area (Å²) >= 11 is 0. The first kappa shape index (κ1) is 16.7. The van der Waals surface area contributed by atoms with Crippen LogP contribution in [0.1, 0.15) is 40.4 Å². The lowest BCUT2D eigenvalue weighted by Crippen LogP contribution is -2.30. The van der Waals surface area contributed by atoms with E-state index in [9.17, 15) is 9.59 Å². The number of hydrogen-bond acceptors (Lipinski definition) is 6. The molecule has 0 spiro atoms. The van der Waals surface area contributed by atoms with Gasteiger partial charge in [0.1, 0.15) is 11.3 Å². The van der Waals surface area contributed by atoms with E-state index in [1.165, 1.54) is 0 Å². The van der Waals surface area contributed by atoms with Crippen molar-refractivity contribution in [1.29, 1.82) is 0 Å². The van der Waals surface area contributed by atoms with Crippen LogP contribution in [-0.2, 0) is 0 Å². The lowest BCUT2D eigenvalue weighted by atomic mass is 9.95. The molecule has 7 heteroatoms. The summed E-state index contributed by atoms with van der Waals surface area (Å²) in [5.41, 5.74) is 0.553. The maximum atomic E-state index is 12.6. The van der Waals surface area contributed by atoms with Crippen LogP contribution in [0.4, 0.5) is 5.69 Å². The predicted molar refractivity (Wildman–Crippen MR) is 95.1 cm³/mol. The number of piperidine rings is 1. The zero-order chi connectivity index (χ0) is 18.1. The minimum atomic E-state index is -0.608. The second-order valence-electron chi connectivity index (χ2n) is 6.56. The average Bonchev–Trinajstić information content (AvgIpc) is 3.09. The molecule has 0 bridgehead atoms. The number of nitrogens with one attached hydrogen (secondary N) is 2. The van der Waals surface area contributed by atoms with E-state index < -0.39 is 11.5 Å². The topological polar surface area (TPSA) is 89.8 Å². The number of carbonyl (C=O) groups excluding carboxylic acids is 1. The highest BCUT2D eigenvalue weighted by atomic mass is 16.7. The van der Waals surface area contributed by atoms with Gasteiger partial charge in [-0.25, -0.2) is 4.79 Å². The van der Waals surface area contributed by atoms with Crippen LogP contribution in [0.2, 0.25) is 0 Å². The smallest absolute Gasteiger partial charge is 0.349 e. The number of rotatable bonds is 3. The molecule has 2 aromatic rings. The Balaban J connectivity index is 1.56. The van der Waals surface area contributed by atoms with E-state index in [2.05, 4.69) is 10.6 Å². The van der Waals surface area contributed by atoms with Crippen molar-refractivity contribution in [3.8, 4) is 11.5 Å². The molecule has 1 atom stereocenters. The first-order valence-electron chi connectivity index (χ1n) is 8.68. The Kier molecular flexibility index (Phi) is 4.38. The fraction of sp³-hybridized carbons (Fsp3) is 0.368. The molecule has 0 aliphatic carbocycles. The Labute approximate surface area is 150 Å². The van der Waals surface area contributed by atoms with E-state index in [0.717, 1.165) is 25.9 Å². The second kappa shape index (κ2) is 6.84. The molecule has 1 unspecified atom stereocenters. The predicted octanol–water partition coefficient (Wildman–Crippen LogP) is 2.40. The fourth-order valence-electron chi connectivity index (χ4n) is 3.37. The molecule has 1 fully saturated rings. The summed E-state index contributed by atoms with van der Waals surface area (Å²) < 4.78 is 16.0. The Bertz CT molecular complexity index is 899. The van der Waals surface area contributed by atoms with Gasteiger partial charge in [-0.2, -0.15) is 0 Å². The largest absolute Gasteiger partial charge is 0.454 e. The Morgan fingerprint density at radius 2 is 2.08 bits per heavy atom. The molecule has 26 heavy (non-hydrogen) atoms. The Morgan fingerprint density at radius 1 is 1.23 bits per heavy atom. The molecule has 1 saturated heterocycles. The van der Waals surface area contributed by atoms with Gasteiger partial charge in [0.25, 0.3) is 5.91 Å².